The third-order valence-electron chi connectivity index (χ3n) is 6.94. The number of carbonyl (C=O) groups is 4. The summed E-state index contributed by atoms with van der Waals surface area (Å²) >= 11 is 5.96. The molecule has 11 heteroatoms. The molecule has 0 spiro atoms. The van der Waals surface area contributed by atoms with Gasteiger partial charge in [0.15, 0.2) is 5.76 Å². The molecule has 1 rings (SSSR count). The Hall–Kier alpha value is -3.79. The molecule has 46 heavy (non-hydrogen) atoms. The minimum Gasteiger partial charge on any atom is -0.490 e. The Labute approximate surface area is 279 Å². The lowest BCUT2D eigenvalue weighted by atomic mass is 9.86. The third kappa shape index (κ3) is 16.5. The first kappa shape index (κ1) is 40.2. The van der Waals surface area contributed by atoms with Crippen LogP contribution in [0.4, 0.5) is 4.79 Å². The highest BCUT2D eigenvalue weighted by Gasteiger charge is 2.32. The fourth-order valence-corrected chi connectivity index (χ4v) is 4.41. The van der Waals surface area contributed by atoms with Crippen LogP contribution in [0.2, 0.25) is 0 Å². The first-order valence-electron chi connectivity index (χ1n) is 15.7. The van der Waals surface area contributed by atoms with Crippen LogP contribution < -0.4 is 16.0 Å². The molecule has 0 aromatic heterocycles. The molecular formula is C35H52ClN3O7. The van der Waals surface area contributed by atoms with Crippen molar-refractivity contribution in [3.63, 3.8) is 0 Å². The smallest absolute Gasteiger partial charge is 0.407 e. The Morgan fingerprint density at radius 3 is 2.46 bits per heavy atom. The van der Waals surface area contributed by atoms with E-state index in [1.165, 1.54) is 19.4 Å². The third-order valence-corrected chi connectivity index (χ3v) is 7.09. The SMILES string of the molecule is CCCCNC(=O)O[C@H](C/C=C\NC(=O)[C@@H](NC(=O)\C=C/C=C\C(C)=C\[C@H](C)[C@@H]1CC=C(OC)C(=O)O1)C(C)(C)C)C/C=C(\C)Cl. The summed E-state index contributed by atoms with van der Waals surface area (Å²) in [7, 11) is 1.44. The Morgan fingerprint density at radius 1 is 1.15 bits per heavy atom. The molecule has 10 nitrogen and oxygen atoms in total. The average molecular weight is 662 g/mol. The van der Waals surface area contributed by atoms with Gasteiger partial charge in [0.05, 0.1) is 7.11 Å². The number of cyclic esters (lactones) is 1. The highest BCUT2D eigenvalue weighted by Crippen LogP contribution is 2.23. The number of hydrogen-bond acceptors (Lipinski definition) is 7. The van der Waals surface area contributed by atoms with Gasteiger partial charge in [0.1, 0.15) is 18.2 Å². The van der Waals surface area contributed by atoms with Crippen molar-refractivity contribution in [2.75, 3.05) is 13.7 Å². The molecule has 0 bridgehead atoms. The maximum Gasteiger partial charge on any atom is 0.407 e. The number of carbonyl (C=O) groups excluding carboxylic acids is 4. The molecule has 3 amide bonds. The lowest BCUT2D eigenvalue weighted by Crippen LogP contribution is -2.52. The Balaban J connectivity index is 2.72. The molecule has 0 aromatic rings. The summed E-state index contributed by atoms with van der Waals surface area (Å²) in [6, 6.07) is -0.815. The van der Waals surface area contributed by atoms with E-state index in [2.05, 4.69) is 16.0 Å². The molecule has 0 saturated heterocycles. The van der Waals surface area contributed by atoms with Crippen LogP contribution in [-0.2, 0) is 28.6 Å². The zero-order chi connectivity index (χ0) is 34.7. The number of allylic oxidation sites excluding steroid dienone is 5. The normalized spacial score (nSPS) is 18.2. The van der Waals surface area contributed by atoms with Gasteiger partial charge in [-0.2, -0.15) is 0 Å². The minimum atomic E-state index is -0.815. The van der Waals surface area contributed by atoms with Crippen molar-refractivity contribution in [2.45, 2.75) is 98.8 Å². The predicted molar refractivity (Wildman–Crippen MR) is 181 cm³/mol. The van der Waals surface area contributed by atoms with Gasteiger partial charge in [0.25, 0.3) is 0 Å². The highest BCUT2D eigenvalue weighted by atomic mass is 35.5. The zero-order valence-corrected chi connectivity index (χ0v) is 29.2. The van der Waals surface area contributed by atoms with E-state index in [0.717, 1.165) is 18.4 Å². The quantitative estimate of drug-likeness (QED) is 0.0701. The number of rotatable bonds is 17. The molecule has 1 aliphatic heterocycles. The Bertz CT molecular complexity index is 1210. The lowest BCUT2D eigenvalue weighted by Gasteiger charge is -2.29. The van der Waals surface area contributed by atoms with Crippen LogP contribution in [0, 0.1) is 11.3 Å². The van der Waals surface area contributed by atoms with Gasteiger partial charge in [-0.15, -0.1) is 0 Å². The van der Waals surface area contributed by atoms with E-state index in [4.69, 9.17) is 25.8 Å². The van der Waals surface area contributed by atoms with Gasteiger partial charge in [-0.1, -0.05) is 94.7 Å². The Morgan fingerprint density at radius 2 is 1.85 bits per heavy atom. The second kappa shape index (κ2) is 21.1. The molecule has 0 fully saturated rings. The average Bonchev–Trinajstić information content (AvgIpc) is 2.98. The standard InChI is InChI=1S/C35H52ClN3O7/c1-9-10-21-38-34(43)45-27(18-17-26(4)36)15-13-22-37-32(41)31(35(5,6)7)39-30(40)16-12-11-14-24(2)23-25(3)28-19-20-29(44-8)33(42)46-28/h11-14,16-17,20,22-23,25,27-28,31H,9-10,15,18-19,21H2,1-8H3,(H,37,41)(H,38,43)(H,39,40)/b14-11-,16-12-,22-13-,24-23+,26-17+/t25-,27+,28-,31+/m0/s1. The summed E-state index contributed by atoms with van der Waals surface area (Å²) in [5.41, 5.74) is 0.367. The second-order valence-electron chi connectivity index (χ2n) is 12.2. The molecule has 3 N–H and O–H groups in total. The van der Waals surface area contributed by atoms with Crippen molar-refractivity contribution in [1.82, 2.24) is 16.0 Å². The van der Waals surface area contributed by atoms with Crippen LogP contribution in [0.5, 0.6) is 0 Å². The lowest BCUT2D eigenvalue weighted by molar-refractivity contribution is -0.151. The van der Waals surface area contributed by atoms with Gasteiger partial charge in [-0.3, -0.25) is 9.59 Å². The molecule has 0 saturated carbocycles. The minimum absolute atomic E-state index is 0.0178. The number of amides is 3. The topological polar surface area (TPSA) is 132 Å². The van der Waals surface area contributed by atoms with Crippen LogP contribution in [0.3, 0.4) is 0 Å². The van der Waals surface area contributed by atoms with Crippen LogP contribution in [0.15, 0.2) is 71.2 Å². The summed E-state index contributed by atoms with van der Waals surface area (Å²) in [4.78, 5) is 49.8. The van der Waals surface area contributed by atoms with Crippen molar-refractivity contribution in [3.8, 4) is 0 Å². The van der Waals surface area contributed by atoms with Crippen LogP contribution in [0.1, 0.15) is 80.6 Å². The molecule has 0 unspecified atom stereocenters. The fourth-order valence-electron chi connectivity index (χ4n) is 4.32. The van der Waals surface area contributed by atoms with Crippen molar-refractivity contribution < 1.29 is 33.4 Å². The summed E-state index contributed by atoms with van der Waals surface area (Å²) < 4.78 is 16.0. The highest BCUT2D eigenvalue weighted by molar-refractivity contribution is 6.29. The monoisotopic (exact) mass is 661 g/mol. The number of ether oxygens (including phenoxy) is 3. The van der Waals surface area contributed by atoms with E-state index in [1.807, 2.05) is 53.7 Å². The van der Waals surface area contributed by atoms with Gasteiger partial charge in [0, 0.05) is 42.8 Å². The van der Waals surface area contributed by atoms with Gasteiger partial charge in [-0.05, 0) is 38.0 Å². The molecule has 0 radical (unpaired) electrons. The predicted octanol–water partition coefficient (Wildman–Crippen LogP) is 6.51. The van der Waals surface area contributed by atoms with Crippen LogP contribution in [0.25, 0.3) is 0 Å². The molecule has 1 aliphatic rings. The van der Waals surface area contributed by atoms with Crippen LogP contribution in [-0.4, -0.2) is 55.8 Å². The van der Waals surface area contributed by atoms with E-state index >= 15 is 0 Å². The molecule has 1 heterocycles. The summed E-state index contributed by atoms with van der Waals surface area (Å²) in [5, 5.41) is 8.83. The maximum absolute atomic E-state index is 13.0. The Kier molecular flexibility index (Phi) is 18.4. The summed E-state index contributed by atoms with van der Waals surface area (Å²) in [6.45, 7) is 13.8. The molecule has 256 valence electrons. The van der Waals surface area contributed by atoms with E-state index in [-0.39, 0.29) is 23.7 Å². The maximum atomic E-state index is 13.0. The van der Waals surface area contributed by atoms with E-state index in [1.54, 1.807) is 37.3 Å². The largest absolute Gasteiger partial charge is 0.490 e. The number of nitrogens with one attached hydrogen (secondary N) is 3. The summed E-state index contributed by atoms with van der Waals surface area (Å²) in [5.74, 6) is -1.06. The fraction of sp³-hybridized carbons (Fsp3) is 0.543. The number of esters is 1. The number of alkyl carbamates (subject to hydrolysis) is 1. The molecule has 0 aliphatic carbocycles. The van der Waals surface area contributed by atoms with Crippen molar-refractivity contribution in [2.24, 2.45) is 11.3 Å². The number of methoxy groups -OCH3 is 1. The number of halogens is 1. The second-order valence-corrected chi connectivity index (χ2v) is 12.8. The van der Waals surface area contributed by atoms with E-state index in [9.17, 15) is 19.2 Å². The number of hydrogen-bond donors (Lipinski definition) is 3. The number of unbranched alkanes of at least 4 members (excludes halogenated alkanes) is 1. The molecule has 4 atom stereocenters. The summed E-state index contributed by atoms with van der Waals surface area (Å²) in [6.07, 6.45) is 17.1. The van der Waals surface area contributed by atoms with E-state index in [0.29, 0.717) is 30.8 Å². The van der Waals surface area contributed by atoms with Gasteiger partial charge >= 0.3 is 12.1 Å². The molecular weight excluding hydrogens is 610 g/mol. The van der Waals surface area contributed by atoms with Gasteiger partial charge < -0.3 is 30.2 Å². The van der Waals surface area contributed by atoms with Crippen molar-refractivity contribution in [1.29, 1.82) is 0 Å². The van der Waals surface area contributed by atoms with Gasteiger partial charge in [-0.25, -0.2) is 9.59 Å². The first-order valence-corrected chi connectivity index (χ1v) is 16.1. The zero-order valence-electron chi connectivity index (χ0n) is 28.5. The van der Waals surface area contributed by atoms with Crippen LogP contribution >= 0.6 is 11.6 Å². The van der Waals surface area contributed by atoms with Crippen molar-refractivity contribution in [3.05, 3.63) is 71.2 Å². The first-order chi connectivity index (χ1) is 21.7. The van der Waals surface area contributed by atoms with Gasteiger partial charge in [0.2, 0.25) is 11.8 Å². The molecule has 0 aromatic carbocycles. The van der Waals surface area contributed by atoms with Crippen molar-refractivity contribution >= 4 is 35.5 Å². The van der Waals surface area contributed by atoms with E-state index < -0.39 is 35.5 Å².